The second-order valence-corrected chi connectivity index (χ2v) is 4.65. The second-order valence-electron chi connectivity index (χ2n) is 4.65. The van der Waals surface area contributed by atoms with Gasteiger partial charge in [-0.2, -0.15) is 0 Å². The molecule has 0 heteroatoms. The van der Waals surface area contributed by atoms with E-state index in [4.69, 9.17) is 0 Å². The van der Waals surface area contributed by atoms with E-state index in [2.05, 4.69) is 45.1 Å². The van der Waals surface area contributed by atoms with Crippen molar-refractivity contribution in [2.45, 2.75) is 65.7 Å². The van der Waals surface area contributed by atoms with E-state index >= 15 is 0 Å². The van der Waals surface area contributed by atoms with E-state index in [1.165, 1.54) is 44.9 Å². The molecule has 0 fully saturated rings. The molecular formula is C15H28. The van der Waals surface area contributed by atoms with E-state index in [1.54, 1.807) is 0 Å². The van der Waals surface area contributed by atoms with Crippen molar-refractivity contribution in [2.24, 2.45) is 5.92 Å². The maximum atomic E-state index is 2.34. The van der Waals surface area contributed by atoms with Gasteiger partial charge >= 0.3 is 0 Å². The summed E-state index contributed by atoms with van der Waals surface area (Å²) >= 11 is 0. The molecule has 0 spiro atoms. The topological polar surface area (TPSA) is 0 Å². The maximum absolute atomic E-state index is 2.34. The summed E-state index contributed by atoms with van der Waals surface area (Å²) in [6.45, 7) is 6.78. The summed E-state index contributed by atoms with van der Waals surface area (Å²) in [5, 5.41) is 0. The normalized spacial score (nSPS) is 12.3. The summed E-state index contributed by atoms with van der Waals surface area (Å²) in [6, 6.07) is 0. The predicted molar refractivity (Wildman–Crippen MR) is 71.1 cm³/mol. The molecule has 0 rings (SSSR count). The highest BCUT2D eigenvalue weighted by Crippen LogP contribution is 2.03. The Bertz CT molecular complexity index is 163. The molecule has 0 aromatic heterocycles. The summed E-state index contributed by atoms with van der Waals surface area (Å²) in [4.78, 5) is 0. The average Bonchev–Trinajstić information content (AvgIpc) is 2.20. The van der Waals surface area contributed by atoms with Crippen molar-refractivity contribution in [1.29, 1.82) is 0 Å². The van der Waals surface area contributed by atoms with E-state index in [1.807, 2.05) is 0 Å². The Morgan fingerprint density at radius 3 is 2.00 bits per heavy atom. The van der Waals surface area contributed by atoms with Crippen LogP contribution >= 0.6 is 0 Å². The smallest absolute Gasteiger partial charge is 0.0316 e. The Labute approximate surface area is 96.5 Å². The minimum absolute atomic E-state index is 0.797. The first kappa shape index (κ1) is 14.5. The second kappa shape index (κ2) is 11.6. The molecule has 0 bridgehead atoms. The predicted octanol–water partition coefficient (Wildman–Crippen LogP) is 5.51. The van der Waals surface area contributed by atoms with Gasteiger partial charge in [0.2, 0.25) is 0 Å². The quantitative estimate of drug-likeness (QED) is 0.346. The Balaban J connectivity index is 3.19. The molecule has 0 saturated carbocycles. The molecule has 15 heavy (non-hydrogen) atoms. The van der Waals surface area contributed by atoms with Gasteiger partial charge in [-0.25, -0.2) is 0 Å². The van der Waals surface area contributed by atoms with Gasteiger partial charge in [-0.3, -0.25) is 0 Å². The molecule has 88 valence electrons. The summed E-state index contributed by atoms with van der Waals surface area (Å²) < 4.78 is 0. The van der Waals surface area contributed by atoms with Gasteiger partial charge in [0, 0.05) is 0 Å². The lowest BCUT2D eigenvalue weighted by atomic mass is 10.1. The van der Waals surface area contributed by atoms with Crippen LogP contribution < -0.4 is 0 Å². The van der Waals surface area contributed by atoms with Crippen LogP contribution in [0.2, 0.25) is 0 Å². The fourth-order valence-corrected chi connectivity index (χ4v) is 1.43. The molecule has 0 N–H and O–H groups in total. The minimum atomic E-state index is 0.797. The molecular weight excluding hydrogens is 180 g/mol. The first-order valence-electron chi connectivity index (χ1n) is 6.57. The molecule has 0 aliphatic heterocycles. The van der Waals surface area contributed by atoms with E-state index in [-0.39, 0.29) is 0 Å². The first-order valence-corrected chi connectivity index (χ1v) is 6.57. The molecule has 0 amide bonds. The molecule has 0 radical (unpaired) electrons. The fraction of sp³-hybridized carbons (Fsp3) is 0.733. The molecule has 0 saturated heterocycles. The van der Waals surface area contributed by atoms with E-state index < -0.39 is 0 Å². The number of hydrogen-bond acceptors (Lipinski definition) is 0. The summed E-state index contributed by atoms with van der Waals surface area (Å²) in [6.07, 6.45) is 18.3. The van der Waals surface area contributed by atoms with Crippen molar-refractivity contribution < 1.29 is 0 Å². The van der Waals surface area contributed by atoms with Crippen LogP contribution in [0.4, 0.5) is 0 Å². The van der Waals surface area contributed by atoms with Crippen molar-refractivity contribution >= 4 is 0 Å². The first-order chi connectivity index (χ1) is 7.27. The summed E-state index contributed by atoms with van der Waals surface area (Å²) in [7, 11) is 0. The third-order valence-corrected chi connectivity index (χ3v) is 2.42. The molecule has 0 aliphatic carbocycles. The summed E-state index contributed by atoms with van der Waals surface area (Å²) in [5.74, 6) is 0.797. The maximum Gasteiger partial charge on any atom is -0.0316 e. The zero-order chi connectivity index (χ0) is 11.4. The largest absolute Gasteiger partial charge is 0.0885 e. The Kier molecular flexibility index (Phi) is 11.2. The fourth-order valence-electron chi connectivity index (χ4n) is 1.43. The van der Waals surface area contributed by atoms with Crippen molar-refractivity contribution in [3.05, 3.63) is 24.3 Å². The lowest BCUT2D eigenvalue weighted by Crippen LogP contribution is -1.80. The minimum Gasteiger partial charge on any atom is -0.0885 e. The van der Waals surface area contributed by atoms with Gasteiger partial charge in [0.15, 0.2) is 0 Å². The van der Waals surface area contributed by atoms with Crippen molar-refractivity contribution in [1.82, 2.24) is 0 Å². The highest BCUT2D eigenvalue weighted by Gasteiger charge is 1.86. The monoisotopic (exact) mass is 208 g/mol. The van der Waals surface area contributed by atoms with Crippen LogP contribution in [-0.2, 0) is 0 Å². The van der Waals surface area contributed by atoms with Gasteiger partial charge in [-0.1, -0.05) is 57.9 Å². The van der Waals surface area contributed by atoms with Crippen LogP contribution in [0.25, 0.3) is 0 Å². The molecule has 0 aromatic rings. The summed E-state index contributed by atoms with van der Waals surface area (Å²) in [5.41, 5.74) is 0. The van der Waals surface area contributed by atoms with Crippen molar-refractivity contribution in [3.63, 3.8) is 0 Å². The number of hydrogen-bond donors (Lipinski definition) is 0. The Hall–Kier alpha value is -0.520. The van der Waals surface area contributed by atoms with Gasteiger partial charge in [-0.15, -0.1) is 0 Å². The highest BCUT2D eigenvalue weighted by molar-refractivity contribution is 4.88. The van der Waals surface area contributed by atoms with Crippen LogP contribution in [0.3, 0.4) is 0 Å². The molecule has 0 nitrogen and oxygen atoms in total. The van der Waals surface area contributed by atoms with E-state index in [0.717, 1.165) is 5.92 Å². The van der Waals surface area contributed by atoms with Gasteiger partial charge in [0.25, 0.3) is 0 Å². The van der Waals surface area contributed by atoms with Crippen molar-refractivity contribution in [3.8, 4) is 0 Å². The van der Waals surface area contributed by atoms with Crippen LogP contribution in [0.15, 0.2) is 24.3 Å². The molecule has 0 heterocycles. The SMILES string of the molecule is CCCCC/C=C/CC/C=C/CC(C)C. The van der Waals surface area contributed by atoms with Crippen LogP contribution in [0.1, 0.15) is 65.7 Å². The van der Waals surface area contributed by atoms with Gasteiger partial charge in [-0.05, 0) is 38.0 Å². The van der Waals surface area contributed by atoms with Crippen LogP contribution in [0.5, 0.6) is 0 Å². The molecule has 0 aliphatic rings. The average molecular weight is 208 g/mol. The number of allylic oxidation sites excluding steroid dienone is 4. The molecule has 0 atom stereocenters. The number of rotatable bonds is 9. The third kappa shape index (κ3) is 13.5. The Morgan fingerprint density at radius 1 is 0.800 bits per heavy atom. The van der Waals surface area contributed by atoms with E-state index in [0.29, 0.717) is 0 Å². The zero-order valence-corrected chi connectivity index (χ0v) is 10.8. The molecule has 0 aromatic carbocycles. The third-order valence-electron chi connectivity index (χ3n) is 2.42. The van der Waals surface area contributed by atoms with Gasteiger partial charge in [0.05, 0.1) is 0 Å². The van der Waals surface area contributed by atoms with Crippen LogP contribution in [0, 0.1) is 5.92 Å². The Morgan fingerprint density at radius 2 is 1.40 bits per heavy atom. The standard InChI is InChI=1S/C15H28/c1-4-5-6-7-8-9-10-11-12-13-14-15(2)3/h8-9,12-13,15H,4-7,10-11,14H2,1-3H3/b9-8+,13-12+. The lowest BCUT2D eigenvalue weighted by Gasteiger charge is -1.96. The van der Waals surface area contributed by atoms with Gasteiger partial charge < -0.3 is 0 Å². The lowest BCUT2D eigenvalue weighted by molar-refractivity contribution is 0.662. The number of unbranched alkanes of at least 4 members (excludes halogenated alkanes) is 4. The van der Waals surface area contributed by atoms with Gasteiger partial charge in [0.1, 0.15) is 0 Å². The van der Waals surface area contributed by atoms with E-state index in [9.17, 15) is 0 Å². The molecule has 0 unspecified atom stereocenters. The highest BCUT2D eigenvalue weighted by atomic mass is 13.9. The van der Waals surface area contributed by atoms with Crippen molar-refractivity contribution in [2.75, 3.05) is 0 Å². The van der Waals surface area contributed by atoms with Crippen LogP contribution in [-0.4, -0.2) is 0 Å². The zero-order valence-electron chi connectivity index (χ0n) is 10.8.